The Morgan fingerprint density at radius 3 is 2.85 bits per heavy atom. The molecule has 4 heteroatoms. The van der Waals surface area contributed by atoms with Crippen LogP contribution in [0, 0.1) is 5.92 Å². The van der Waals surface area contributed by atoms with Gasteiger partial charge in [0.05, 0.1) is 0 Å². The van der Waals surface area contributed by atoms with Gasteiger partial charge in [0.1, 0.15) is 0 Å². The van der Waals surface area contributed by atoms with Crippen molar-refractivity contribution in [1.82, 2.24) is 14.8 Å². The minimum absolute atomic E-state index is 0.0912. The van der Waals surface area contributed by atoms with Gasteiger partial charge in [-0.15, -0.1) is 0 Å². The molecule has 0 amide bonds. The first-order valence-corrected chi connectivity index (χ1v) is 7.71. The average Bonchev–Trinajstić information content (AvgIpc) is 2.60. The molecule has 0 aromatic carbocycles. The Morgan fingerprint density at radius 1 is 1.35 bits per heavy atom. The van der Waals surface area contributed by atoms with Crippen LogP contribution < -0.4 is 10.9 Å². The minimum Gasteiger partial charge on any atom is -0.314 e. The fraction of sp³-hybridized carbons (Fsp3) is 0.688. The number of pyridine rings is 1. The Balaban J connectivity index is 1.99. The molecule has 1 N–H and O–H groups in total. The van der Waals surface area contributed by atoms with Gasteiger partial charge in [0.15, 0.2) is 0 Å². The molecule has 0 spiro atoms. The van der Waals surface area contributed by atoms with Crippen LogP contribution in [0.25, 0.3) is 0 Å². The SMILES string of the molecule is CC(C)C1CN(CCn2ccccc2=O)C(C)CCN1. The van der Waals surface area contributed by atoms with Gasteiger partial charge in [-0.2, -0.15) is 0 Å². The number of nitrogens with one attached hydrogen (secondary N) is 1. The van der Waals surface area contributed by atoms with Crippen LogP contribution in [0.15, 0.2) is 29.2 Å². The van der Waals surface area contributed by atoms with Crippen molar-refractivity contribution in [2.75, 3.05) is 19.6 Å². The predicted molar refractivity (Wildman–Crippen MR) is 83.0 cm³/mol. The van der Waals surface area contributed by atoms with Gasteiger partial charge < -0.3 is 9.88 Å². The fourth-order valence-electron chi connectivity index (χ4n) is 2.80. The van der Waals surface area contributed by atoms with E-state index in [0.717, 1.165) is 26.2 Å². The van der Waals surface area contributed by atoms with E-state index < -0.39 is 0 Å². The Hall–Kier alpha value is -1.13. The maximum absolute atomic E-state index is 11.7. The van der Waals surface area contributed by atoms with E-state index in [0.29, 0.717) is 18.0 Å². The van der Waals surface area contributed by atoms with Crippen LogP contribution in [0.1, 0.15) is 27.2 Å². The second-order valence-electron chi connectivity index (χ2n) is 6.17. The molecule has 2 unspecified atom stereocenters. The van der Waals surface area contributed by atoms with Gasteiger partial charge in [-0.3, -0.25) is 9.69 Å². The lowest BCUT2D eigenvalue weighted by atomic mass is 10.0. The van der Waals surface area contributed by atoms with Crippen LogP contribution in [0.2, 0.25) is 0 Å². The summed E-state index contributed by atoms with van der Waals surface area (Å²) in [4.78, 5) is 14.3. The molecule has 2 heterocycles. The third-order valence-electron chi connectivity index (χ3n) is 4.36. The Morgan fingerprint density at radius 2 is 2.15 bits per heavy atom. The van der Waals surface area contributed by atoms with Gasteiger partial charge >= 0.3 is 0 Å². The molecule has 1 saturated heterocycles. The van der Waals surface area contributed by atoms with E-state index >= 15 is 0 Å². The zero-order valence-electron chi connectivity index (χ0n) is 12.9. The summed E-state index contributed by atoms with van der Waals surface area (Å²) < 4.78 is 1.80. The molecule has 1 aromatic heterocycles. The number of rotatable bonds is 4. The van der Waals surface area contributed by atoms with Crippen LogP contribution in [0.4, 0.5) is 0 Å². The molecule has 2 atom stereocenters. The summed E-state index contributed by atoms with van der Waals surface area (Å²) >= 11 is 0. The van der Waals surface area contributed by atoms with E-state index in [4.69, 9.17) is 0 Å². The largest absolute Gasteiger partial charge is 0.314 e. The summed E-state index contributed by atoms with van der Waals surface area (Å²) in [5.74, 6) is 0.641. The van der Waals surface area contributed by atoms with Crippen molar-refractivity contribution >= 4 is 0 Å². The normalized spacial score (nSPS) is 24.8. The molecular formula is C16H27N3O. The average molecular weight is 277 g/mol. The molecule has 1 aliphatic rings. The van der Waals surface area contributed by atoms with Gasteiger partial charge in [0.2, 0.25) is 0 Å². The van der Waals surface area contributed by atoms with Crippen molar-refractivity contribution in [3.63, 3.8) is 0 Å². The Bertz CT molecular complexity index is 469. The van der Waals surface area contributed by atoms with Crippen molar-refractivity contribution in [2.24, 2.45) is 5.92 Å². The van der Waals surface area contributed by atoms with Crippen LogP contribution in [0.5, 0.6) is 0 Å². The molecule has 112 valence electrons. The van der Waals surface area contributed by atoms with Crippen molar-refractivity contribution < 1.29 is 0 Å². The predicted octanol–water partition coefficient (Wildman–Crippen LogP) is 1.56. The Labute approximate surface area is 121 Å². The third-order valence-corrected chi connectivity index (χ3v) is 4.36. The van der Waals surface area contributed by atoms with Gasteiger partial charge in [-0.1, -0.05) is 19.9 Å². The lowest BCUT2D eigenvalue weighted by Crippen LogP contribution is -2.44. The molecule has 1 fully saturated rings. The van der Waals surface area contributed by atoms with Crippen molar-refractivity contribution in [1.29, 1.82) is 0 Å². The van der Waals surface area contributed by atoms with E-state index in [-0.39, 0.29) is 5.56 Å². The zero-order valence-corrected chi connectivity index (χ0v) is 12.9. The number of nitrogens with zero attached hydrogens (tertiary/aromatic N) is 2. The molecule has 4 nitrogen and oxygen atoms in total. The summed E-state index contributed by atoms with van der Waals surface area (Å²) in [5.41, 5.74) is 0.0912. The van der Waals surface area contributed by atoms with Crippen LogP contribution in [0.3, 0.4) is 0 Å². The Kier molecular flexibility index (Phi) is 5.38. The lowest BCUT2D eigenvalue weighted by molar-refractivity contribution is 0.185. The fourth-order valence-corrected chi connectivity index (χ4v) is 2.80. The van der Waals surface area contributed by atoms with E-state index in [1.165, 1.54) is 6.42 Å². The molecule has 20 heavy (non-hydrogen) atoms. The smallest absolute Gasteiger partial charge is 0.250 e. The van der Waals surface area contributed by atoms with E-state index in [9.17, 15) is 4.79 Å². The van der Waals surface area contributed by atoms with Gasteiger partial charge in [-0.25, -0.2) is 0 Å². The second kappa shape index (κ2) is 7.04. The highest BCUT2D eigenvalue weighted by Crippen LogP contribution is 2.13. The summed E-state index contributed by atoms with van der Waals surface area (Å²) in [6.07, 6.45) is 3.05. The lowest BCUT2D eigenvalue weighted by Gasteiger charge is -2.30. The minimum atomic E-state index is 0.0912. The number of hydrogen-bond acceptors (Lipinski definition) is 3. The first-order valence-electron chi connectivity index (χ1n) is 7.71. The quantitative estimate of drug-likeness (QED) is 0.907. The van der Waals surface area contributed by atoms with Crippen LogP contribution in [-0.4, -0.2) is 41.2 Å². The molecular weight excluding hydrogens is 250 g/mol. The molecule has 2 rings (SSSR count). The second-order valence-corrected chi connectivity index (χ2v) is 6.17. The zero-order chi connectivity index (χ0) is 14.5. The van der Waals surface area contributed by atoms with Gasteiger partial charge in [0.25, 0.3) is 5.56 Å². The molecule has 1 aromatic rings. The van der Waals surface area contributed by atoms with Crippen LogP contribution in [-0.2, 0) is 6.54 Å². The summed E-state index contributed by atoms with van der Waals surface area (Å²) in [6.45, 7) is 10.7. The summed E-state index contributed by atoms with van der Waals surface area (Å²) in [6, 6.07) is 6.47. The van der Waals surface area contributed by atoms with Gasteiger partial charge in [-0.05, 0) is 31.9 Å². The van der Waals surface area contributed by atoms with Crippen molar-refractivity contribution in [2.45, 2.75) is 45.8 Å². The maximum atomic E-state index is 11.7. The number of hydrogen-bond donors (Lipinski definition) is 1. The number of aromatic nitrogens is 1. The van der Waals surface area contributed by atoms with E-state index in [1.54, 1.807) is 16.7 Å². The first kappa shape index (κ1) is 15.3. The van der Waals surface area contributed by atoms with Crippen LogP contribution >= 0.6 is 0 Å². The van der Waals surface area contributed by atoms with Gasteiger partial charge in [0, 0.05) is 44.0 Å². The summed E-state index contributed by atoms with van der Waals surface area (Å²) in [5, 5.41) is 3.64. The highest BCUT2D eigenvalue weighted by atomic mass is 16.1. The molecule has 0 bridgehead atoms. The highest BCUT2D eigenvalue weighted by Gasteiger charge is 2.24. The summed E-state index contributed by atoms with van der Waals surface area (Å²) in [7, 11) is 0. The molecule has 0 aliphatic carbocycles. The maximum Gasteiger partial charge on any atom is 0.250 e. The third kappa shape index (κ3) is 3.93. The van der Waals surface area contributed by atoms with Crippen molar-refractivity contribution in [3.8, 4) is 0 Å². The highest BCUT2D eigenvalue weighted by molar-refractivity contribution is 4.93. The first-order chi connectivity index (χ1) is 9.58. The van der Waals surface area contributed by atoms with E-state index in [1.807, 2.05) is 12.3 Å². The standard InChI is InChI=1S/C16H27N3O/c1-13(2)15-12-19(14(3)7-8-17-15)11-10-18-9-5-4-6-16(18)20/h4-6,9,13-15,17H,7-8,10-12H2,1-3H3. The topological polar surface area (TPSA) is 37.3 Å². The molecule has 0 radical (unpaired) electrons. The molecule has 0 saturated carbocycles. The monoisotopic (exact) mass is 277 g/mol. The van der Waals surface area contributed by atoms with Crippen molar-refractivity contribution in [3.05, 3.63) is 34.7 Å². The van der Waals surface area contributed by atoms with E-state index in [2.05, 4.69) is 31.0 Å². The molecule has 1 aliphatic heterocycles.